The number of amides is 1. The third-order valence-corrected chi connectivity index (χ3v) is 2.22. The van der Waals surface area contributed by atoms with Crippen LogP contribution < -0.4 is 14.4 Å². The van der Waals surface area contributed by atoms with Crippen LogP contribution in [0, 0.1) is 0 Å². The largest absolute Gasteiger partial charge is 0.454 e. The summed E-state index contributed by atoms with van der Waals surface area (Å²) in [4.78, 5) is 12.7. The summed E-state index contributed by atoms with van der Waals surface area (Å²) < 4.78 is 10.4. The molecule has 4 nitrogen and oxygen atoms in total. The van der Waals surface area contributed by atoms with Gasteiger partial charge in [-0.25, -0.2) is 0 Å². The van der Waals surface area contributed by atoms with Crippen LogP contribution in [0.3, 0.4) is 0 Å². The van der Waals surface area contributed by atoms with Gasteiger partial charge in [-0.05, 0) is 12.1 Å². The lowest BCUT2D eigenvalue weighted by Crippen LogP contribution is -2.22. The number of fused-ring (bicyclic) bond motifs is 1. The Bertz CT molecular complexity index is 376. The molecule has 1 aliphatic rings. The molecular formula is C10H11NO3. The quantitative estimate of drug-likeness (QED) is 0.676. The maximum Gasteiger partial charge on any atom is 0.231 e. The number of anilines is 1. The lowest BCUT2D eigenvalue weighted by atomic mass is 10.2. The summed E-state index contributed by atoms with van der Waals surface area (Å²) in [7, 11) is 1.72. The summed E-state index contributed by atoms with van der Waals surface area (Å²) in [6.07, 6.45) is 0. The standard InChI is InChI=1S/C10H11NO3/c1-7(12)11(2)8-3-4-9-10(5-8)14-6-13-9/h3-5H,6H2,1-2H3. The number of carbonyl (C=O) groups is 1. The second-order valence-electron chi connectivity index (χ2n) is 3.12. The minimum Gasteiger partial charge on any atom is -0.454 e. The van der Waals surface area contributed by atoms with E-state index in [1.54, 1.807) is 24.1 Å². The predicted octanol–water partition coefficient (Wildman–Crippen LogP) is 1.40. The lowest BCUT2D eigenvalue weighted by Gasteiger charge is -2.14. The molecule has 0 radical (unpaired) electrons. The van der Waals surface area contributed by atoms with Gasteiger partial charge in [0.2, 0.25) is 12.7 Å². The third kappa shape index (κ3) is 1.39. The number of rotatable bonds is 1. The zero-order valence-corrected chi connectivity index (χ0v) is 8.11. The molecule has 14 heavy (non-hydrogen) atoms. The van der Waals surface area contributed by atoms with Crippen LogP contribution in [-0.2, 0) is 4.79 Å². The molecular weight excluding hydrogens is 182 g/mol. The number of carbonyl (C=O) groups excluding carboxylic acids is 1. The fourth-order valence-electron chi connectivity index (χ4n) is 1.28. The van der Waals surface area contributed by atoms with E-state index in [1.165, 1.54) is 6.92 Å². The Kier molecular flexibility index (Phi) is 2.04. The van der Waals surface area contributed by atoms with Gasteiger partial charge in [-0.1, -0.05) is 0 Å². The van der Waals surface area contributed by atoms with E-state index in [9.17, 15) is 4.79 Å². The van der Waals surface area contributed by atoms with Gasteiger partial charge in [0.15, 0.2) is 11.5 Å². The van der Waals surface area contributed by atoms with E-state index in [1.807, 2.05) is 6.07 Å². The Balaban J connectivity index is 2.33. The van der Waals surface area contributed by atoms with Crippen molar-refractivity contribution in [1.29, 1.82) is 0 Å². The lowest BCUT2D eigenvalue weighted by molar-refractivity contribution is -0.116. The molecule has 0 atom stereocenters. The van der Waals surface area contributed by atoms with E-state index in [0.717, 1.165) is 11.4 Å². The van der Waals surface area contributed by atoms with Gasteiger partial charge in [-0.2, -0.15) is 0 Å². The third-order valence-electron chi connectivity index (χ3n) is 2.22. The average molecular weight is 193 g/mol. The van der Waals surface area contributed by atoms with Crippen LogP contribution in [-0.4, -0.2) is 19.7 Å². The van der Waals surface area contributed by atoms with E-state index in [-0.39, 0.29) is 12.7 Å². The second kappa shape index (κ2) is 3.21. The molecule has 0 fully saturated rings. The highest BCUT2D eigenvalue weighted by atomic mass is 16.7. The maximum absolute atomic E-state index is 11.1. The molecule has 0 spiro atoms. The molecule has 4 heteroatoms. The predicted molar refractivity (Wildman–Crippen MR) is 51.6 cm³/mol. The molecule has 0 unspecified atom stereocenters. The Morgan fingerprint density at radius 3 is 2.79 bits per heavy atom. The smallest absolute Gasteiger partial charge is 0.231 e. The van der Waals surface area contributed by atoms with Crippen LogP contribution in [0.1, 0.15) is 6.92 Å². The average Bonchev–Trinajstić information content (AvgIpc) is 2.62. The molecule has 0 saturated carbocycles. The van der Waals surface area contributed by atoms with Crippen molar-refractivity contribution in [2.45, 2.75) is 6.92 Å². The molecule has 0 bridgehead atoms. The first-order valence-corrected chi connectivity index (χ1v) is 4.32. The molecule has 1 heterocycles. The molecule has 1 aromatic carbocycles. The summed E-state index contributed by atoms with van der Waals surface area (Å²) in [6.45, 7) is 1.77. The minimum atomic E-state index is -0.0103. The molecule has 0 aliphatic carbocycles. The number of hydrogen-bond donors (Lipinski definition) is 0. The molecule has 0 aromatic heterocycles. The van der Waals surface area contributed by atoms with E-state index < -0.39 is 0 Å². The van der Waals surface area contributed by atoms with Crippen molar-refractivity contribution >= 4 is 11.6 Å². The van der Waals surface area contributed by atoms with Crippen molar-refractivity contribution in [2.24, 2.45) is 0 Å². The maximum atomic E-state index is 11.1. The molecule has 0 N–H and O–H groups in total. The van der Waals surface area contributed by atoms with E-state index >= 15 is 0 Å². The van der Waals surface area contributed by atoms with Crippen LogP contribution >= 0.6 is 0 Å². The summed E-state index contributed by atoms with van der Waals surface area (Å²) in [5, 5.41) is 0. The van der Waals surface area contributed by atoms with Crippen LogP contribution in [0.4, 0.5) is 5.69 Å². The summed E-state index contributed by atoms with van der Waals surface area (Å²) in [5.74, 6) is 1.41. The highest BCUT2D eigenvalue weighted by molar-refractivity contribution is 5.91. The first kappa shape index (κ1) is 8.87. The Labute approximate surface area is 82.0 Å². The van der Waals surface area contributed by atoms with Gasteiger partial charge >= 0.3 is 0 Å². The van der Waals surface area contributed by atoms with Gasteiger partial charge in [-0.3, -0.25) is 4.79 Å². The van der Waals surface area contributed by atoms with Gasteiger partial charge < -0.3 is 14.4 Å². The molecule has 1 amide bonds. The highest BCUT2D eigenvalue weighted by Crippen LogP contribution is 2.35. The van der Waals surface area contributed by atoms with Gasteiger partial charge in [-0.15, -0.1) is 0 Å². The van der Waals surface area contributed by atoms with Crippen molar-refractivity contribution in [3.05, 3.63) is 18.2 Å². The van der Waals surface area contributed by atoms with E-state index in [0.29, 0.717) is 5.75 Å². The highest BCUT2D eigenvalue weighted by Gasteiger charge is 2.15. The number of ether oxygens (including phenoxy) is 2. The van der Waals surface area contributed by atoms with Gasteiger partial charge in [0.25, 0.3) is 0 Å². The van der Waals surface area contributed by atoms with Crippen molar-refractivity contribution in [3.8, 4) is 11.5 Å². The molecule has 2 rings (SSSR count). The van der Waals surface area contributed by atoms with Gasteiger partial charge in [0, 0.05) is 25.7 Å². The SMILES string of the molecule is CC(=O)N(C)c1ccc2c(c1)OCO2. The van der Waals surface area contributed by atoms with Crippen molar-refractivity contribution in [2.75, 3.05) is 18.7 Å². The van der Waals surface area contributed by atoms with E-state index in [2.05, 4.69) is 0 Å². The first-order chi connectivity index (χ1) is 6.68. The summed E-state index contributed by atoms with van der Waals surface area (Å²) >= 11 is 0. The zero-order chi connectivity index (χ0) is 10.1. The van der Waals surface area contributed by atoms with Gasteiger partial charge in [0.1, 0.15) is 0 Å². The number of nitrogens with zero attached hydrogens (tertiary/aromatic N) is 1. The van der Waals surface area contributed by atoms with Gasteiger partial charge in [0.05, 0.1) is 0 Å². The monoisotopic (exact) mass is 193 g/mol. The molecule has 1 aromatic rings. The van der Waals surface area contributed by atoms with Crippen LogP contribution in [0.5, 0.6) is 11.5 Å². The van der Waals surface area contributed by atoms with Crippen LogP contribution in [0.15, 0.2) is 18.2 Å². The molecule has 74 valence electrons. The molecule has 1 aliphatic heterocycles. The second-order valence-corrected chi connectivity index (χ2v) is 3.12. The number of benzene rings is 1. The normalized spacial score (nSPS) is 12.7. The Morgan fingerprint density at radius 1 is 1.36 bits per heavy atom. The van der Waals surface area contributed by atoms with Crippen LogP contribution in [0.25, 0.3) is 0 Å². The fourth-order valence-corrected chi connectivity index (χ4v) is 1.28. The molecule has 0 saturated heterocycles. The summed E-state index contributed by atoms with van der Waals surface area (Å²) in [5.41, 5.74) is 0.807. The summed E-state index contributed by atoms with van der Waals surface area (Å²) in [6, 6.07) is 5.43. The van der Waals surface area contributed by atoms with E-state index in [4.69, 9.17) is 9.47 Å². The van der Waals surface area contributed by atoms with Crippen molar-refractivity contribution < 1.29 is 14.3 Å². The van der Waals surface area contributed by atoms with Crippen molar-refractivity contribution in [1.82, 2.24) is 0 Å². The Hall–Kier alpha value is -1.71. The first-order valence-electron chi connectivity index (χ1n) is 4.32. The minimum absolute atomic E-state index is 0.0103. The Morgan fingerprint density at radius 2 is 2.07 bits per heavy atom. The zero-order valence-electron chi connectivity index (χ0n) is 8.11. The number of hydrogen-bond acceptors (Lipinski definition) is 3. The van der Waals surface area contributed by atoms with Crippen molar-refractivity contribution in [3.63, 3.8) is 0 Å². The van der Waals surface area contributed by atoms with Crippen LogP contribution in [0.2, 0.25) is 0 Å². The fraction of sp³-hybridized carbons (Fsp3) is 0.300. The topological polar surface area (TPSA) is 38.8 Å².